The van der Waals surface area contributed by atoms with Gasteiger partial charge < -0.3 is 9.47 Å². The normalized spacial score (nSPS) is 16.3. The van der Waals surface area contributed by atoms with Gasteiger partial charge >= 0.3 is 0 Å². The van der Waals surface area contributed by atoms with E-state index in [2.05, 4.69) is 30.3 Å². The summed E-state index contributed by atoms with van der Waals surface area (Å²) in [4.78, 5) is 3.82. The Morgan fingerprint density at radius 2 is 1.74 bits per heavy atom. The van der Waals surface area contributed by atoms with Crippen LogP contribution in [0.2, 0.25) is 0 Å². The maximum Gasteiger partial charge on any atom is 0.179 e. The average molecular weight is 306 g/mol. The van der Waals surface area contributed by atoms with E-state index in [-0.39, 0.29) is 0 Å². The Bertz CT molecular complexity index is 633. The third kappa shape index (κ3) is 2.16. The fraction of sp³-hybridized carbons (Fsp3) is 0.143. The summed E-state index contributed by atoms with van der Waals surface area (Å²) in [7, 11) is 0. The quantitative estimate of drug-likeness (QED) is 0.759. The van der Waals surface area contributed by atoms with Crippen LogP contribution in [0.15, 0.2) is 43.7 Å². The number of hydrogen-bond donors (Lipinski definition) is 0. The Hall–Kier alpha value is -1.04. The van der Waals surface area contributed by atoms with Gasteiger partial charge in [-0.25, -0.2) is 0 Å². The second-order valence-corrected chi connectivity index (χ2v) is 7.44. The lowest BCUT2D eigenvalue weighted by Gasteiger charge is -2.15. The number of thioether (sulfide) groups is 2. The highest BCUT2D eigenvalue weighted by Crippen LogP contribution is 2.52. The van der Waals surface area contributed by atoms with Crippen molar-refractivity contribution >= 4 is 40.9 Å². The Kier molecular flexibility index (Phi) is 2.98. The van der Waals surface area contributed by atoms with E-state index in [4.69, 9.17) is 9.47 Å². The van der Waals surface area contributed by atoms with Gasteiger partial charge in [-0.1, -0.05) is 35.7 Å². The van der Waals surface area contributed by atoms with Gasteiger partial charge in [-0.15, -0.1) is 11.3 Å². The summed E-state index contributed by atoms with van der Waals surface area (Å²) in [6.07, 6.45) is 2.20. The summed E-state index contributed by atoms with van der Waals surface area (Å²) in [6, 6.07) is 8.49. The summed E-state index contributed by atoms with van der Waals surface area (Å²) in [5.41, 5.74) is 0. The lowest BCUT2D eigenvalue weighted by atomic mass is 10.4. The minimum Gasteiger partial charge on any atom is -0.485 e. The topological polar surface area (TPSA) is 18.5 Å². The van der Waals surface area contributed by atoms with Crippen molar-refractivity contribution < 1.29 is 9.47 Å². The summed E-state index contributed by atoms with van der Waals surface area (Å²) >= 11 is 5.32. The standard InChI is InChI=1S/C14H10O2S3/c1-2-4-11-10(3-1)18-13(19-11)7-12-14-9(8-17-12)15-5-6-16-14/h1-4,7-8H,5-6H2. The largest absolute Gasteiger partial charge is 0.485 e. The molecule has 0 N–H and O–H groups in total. The van der Waals surface area contributed by atoms with Crippen LogP contribution in [0.3, 0.4) is 0 Å². The first-order valence-electron chi connectivity index (χ1n) is 5.94. The number of benzene rings is 1. The van der Waals surface area contributed by atoms with Gasteiger partial charge in [-0.3, -0.25) is 0 Å². The van der Waals surface area contributed by atoms with Crippen molar-refractivity contribution in [2.24, 2.45) is 0 Å². The molecular weight excluding hydrogens is 296 g/mol. The summed E-state index contributed by atoms with van der Waals surface area (Å²) < 4.78 is 12.6. The van der Waals surface area contributed by atoms with Gasteiger partial charge in [0.1, 0.15) is 13.2 Å². The highest BCUT2D eigenvalue weighted by atomic mass is 32.2. The molecule has 2 aromatic rings. The maximum atomic E-state index is 5.70. The van der Waals surface area contributed by atoms with Crippen LogP contribution in [0.5, 0.6) is 11.5 Å². The molecule has 0 saturated carbocycles. The predicted octanol–water partition coefficient (Wildman–Crippen LogP) is 4.72. The van der Waals surface area contributed by atoms with Gasteiger partial charge in [0.15, 0.2) is 11.5 Å². The first kappa shape index (κ1) is 11.8. The van der Waals surface area contributed by atoms with E-state index in [0.29, 0.717) is 13.2 Å². The molecule has 0 bridgehead atoms. The Balaban J connectivity index is 1.66. The van der Waals surface area contributed by atoms with Crippen LogP contribution >= 0.6 is 34.9 Å². The van der Waals surface area contributed by atoms with Crippen molar-refractivity contribution in [3.05, 3.63) is 38.8 Å². The monoisotopic (exact) mass is 306 g/mol. The van der Waals surface area contributed by atoms with Gasteiger partial charge in [0.25, 0.3) is 0 Å². The van der Waals surface area contributed by atoms with E-state index in [0.717, 1.165) is 16.4 Å². The number of hydrogen-bond acceptors (Lipinski definition) is 5. The third-order valence-electron chi connectivity index (χ3n) is 2.85. The molecule has 0 saturated heterocycles. The molecule has 0 fully saturated rings. The van der Waals surface area contributed by atoms with Crippen LogP contribution < -0.4 is 9.47 Å². The van der Waals surface area contributed by atoms with E-state index in [1.807, 2.05) is 28.9 Å². The molecule has 96 valence electrons. The molecule has 0 atom stereocenters. The van der Waals surface area contributed by atoms with Crippen molar-refractivity contribution in [1.29, 1.82) is 0 Å². The lowest BCUT2D eigenvalue weighted by Crippen LogP contribution is -2.14. The molecule has 1 aromatic heterocycles. The summed E-state index contributed by atoms with van der Waals surface area (Å²) in [6.45, 7) is 1.29. The smallest absolute Gasteiger partial charge is 0.179 e. The van der Waals surface area contributed by atoms with E-state index < -0.39 is 0 Å². The molecule has 0 spiro atoms. The second-order valence-electron chi connectivity index (χ2n) is 4.10. The van der Waals surface area contributed by atoms with E-state index in [9.17, 15) is 0 Å². The number of thiophene rings is 1. The van der Waals surface area contributed by atoms with Gasteiger partial charge in [-0.2, -0.15) is 0 Å². The first-order chi connectivity index (χ1) is 9.40. The zero-order valence-corrected chi connectivity index (χ0v) is 12.4. The zero-order valence-electron chi connectivity index (χ0n) is 9.92. The van der Waals surface area contributed by atoms with Crippen molar-refractivity contribution in [3.63, 3.8) is 0 Å². The molecule has 0 radical (unpaired) electrons. The minimum atomic E-state index is 0.639. The lowest BCUT2D eigenvalue weighted by molar-refractivity contribution is 0.173. The SMILES string of the molecule is C(=C1Sc2ccccc2S1)c1scc2c1OCCO2. The molecule has 0 unspecified atom stereocenters. The van der Waals surface area contributed by atoms with Crippen LogP contribution in [0.4, 0.5) is 0 Å². The van der Waals surface area contributed by atoms with Crippen LogP contribution in [0, 0.1) is 0 Å². The predicted molar refractivity (Wildman–Crippen MR) is 81.4 cm³/mol. The molecule has 1 aromatic carbocycles. The first-order valence-corrected chi connectivity index (χ1v) is 8.45. The van der Waals surface area contributed by atoms with Crippen LogP contribution in [-0.2, 0) is 0 Å². The molecule has 19 heavy (non-hydrogen) atoms. The van der Waals surface area contributed by atoms with Gasteiger partial charge in [0, 0.05) is 15.2 Å². The van der Waals surface area contributed by atoms with E-state index >= 15 is 0 Å². The van der Waals surface area contributed by atoms with Gasteiger partial charge in [-0.05, 0) is 18.2 Å². The molecule has 4 rings (SSSR count). The van der Waals surface area contributed by atoms with Gasteiger partial charge in [0.05, 0.1) is 9.11 Å². The average Bonchev–Trinajstić information content (AvgIpc) is 3.03. The number of fused-ring (bicyclic) bond motifs is 2. The fourth-order valence-electron chi connectivity index (χ4n) is 2.00. The second kappa shape index (κ2) is 4.81. The highest BCUT2D eigenvalue weighted by Gasteiger charge is 2.21. The summed E-state index contributed by atoms with van der Waals surface area (Å²) in [5.74, 6) is 1.79. The van der Waals surface area contributed by atoms with Gasteiger partial charge in [0.2, 0.25) is 0 Å². The molecule has 5 heteroatoms. The van der Waals surface area contributed by atoms with Crippen molar-refractivity contribution in [2.45, 2.75) is 9.79 Å². The van der Waals surface area contributed by atoms with Crippen LogP contribution in [0.1, 0.15) is 4.88 Å². The van der Waals surface area contributed by atoms with Crippen LogP contribution in [0.25, 0.3) is 6.08 Å². The Morgan fingerprint density at radius 1 is 1.00 bits per heavy atom. The highest BCUT2D eigenvalue weighted by molar-refractivity contribution is 8.25. The third-order valence-corrected chi connectivity index (χ3v) is 6.16. The van der Waals surface area contributed by atoms with E-state index in [1.165, 1.54) is 14.0 Å². The minimum absolute atomic E-state index is 0.639. The van der Waals surface area contributed by atoms with Crippen LogP contribution in [-0.4, -0.2) is 13.2 Å². The van der Waals surface area contributed by atoms with Crippen molar-refractivity contribution in [3.8, 4) is 11.5 Å². The maximum absolute atomic E-state index is 5.70. The zero-order chi connectivity index (χ0) is 12.7. The van der Waals surface area contributed by atoms with E-state index in [1.54, 1.807) is 11.3 Å². The molecule has 2 aliphatic rings. The molecule has 2 nitrogen and oxygen atoms in total. The Morgan fingerprint density at radius 3 is 2.53 bits per heavy atom. The summed E-state index contributed by atoms with van der Waals surface area (Å²) in [5, 5.41) is 2.03. The molecular formula is C14H10O2S3. The van der Waals surface area contributed by atoms with Crippen molar-refractivity contribution in [2.75, 3.05) is 13.2 Å². The fourth-order valence-corrected chi connectivity index (χ4v) is 5.39. The Labute approximate surface area is 123 Å². The molecule has 0 aliphatic carbocycles. The van der Waals surface area contributed by atoms with Crippen molar-refractivity contribution in [1.82, 2.24) is 0 Å². The number of rotatable bonds is 1. The molecule has 0 amide bonds. The molecule has 3 heterocycles. The number of ether oxygens (including phenoxy) is 2. The molecule has 2 aliphatic heterocycles.